The van der Waals surface area contributed by atoms with Crippen molar-refractivity contribution < 1.29 is 23.5 Å². The predicted octanol–water partition coefficient (Wildman–Crippen LogP) is 3.59. The third-order valence-corrected chi connectivity index (χ3v) is 4.32. The maximum atomic E-state index is 12.9. The maximum absolute atomic E-state index is 12.9. The van der Waals surface area contributed by atoms with E-state index >= 15 is 0 Å². The molecule has 0 radical (unpaired) electrons. The average molecular weight is 469 g/mol. The molecule has 0 spiro atoms. The Morgan fingerprint density at radius 3 is 2.12 bits per heavy atom. The fourth-order valence-electron chi connectivity index (χ4n) is 2.47. The van der Waals surface area contributed by atoms with Gasteiger partial charge in [-0.1, -0.05) is 11.6 Å². The van der Waals surface area contributed by atoms with Gasteiger partial charge >= 0.3 is 11.8 Å². The van der Waals surface area contributed by atoms with Crippen molar-refractivity contribution >= 4 is 46.9 Å². The van der Waals surface area contributed by atoms with Crippen LogP contribution in [0.15, 0.2) is 77.9 Å². The molecule has 0 atom stereocenters. The van der Waals surface area contributed by atoms with Crippen LogP contribution in [0.4, 0.5) is 15.8 Å². The van der Waals surface area contributed by atoms with Gasteiger partial charge in [0.25, 0.3) is 5.91 Å². The second-order valence-corrected chi connectivity index (χ2v) is 7.01. The molecule has 33 heavy (non-hydrogen) atoms. The third-order valence-electron chi connectivity index (χ3n) is 4.07. The Bertz CT molecular complexity index is 1150. The minimum Gasteiger partial charge on any atom is -0.484 e. The molecular formula is C23H18ClFN4O4. The molecule has 8 nitrogen and oxygen atoms in total. The van der Waals surface area contributed by atoms with Crippen LogP contribution in [0.3, 0.4) is 0 Å². The number of halogens is 2. The lowest BCUT2D eigenvalue weighted by Crippen LogP contribution is -2.32. The monoisotopic (exact) mass is 468 g/mol. The highest BCUT2D eigenvalue weighted by molar-refractivity contribution is 6.39. The smallest absolute Gasteiger partial charge is 0.329 e. The fraction of sp³-hybridized carbons (Fsp3) is 0.0435. The lowest BCUT2D eigenvalue weighted by Gasteiger charge is -2.08. The van der Waals surface area contributed by atoms with E-state index in [4.69, 9.17) is 16.3 Å². The minimum atomic E-state index is -0.984. The molecule has 0 bridgehead atoms. The van der Waals surface area contributed by atoms with Gasteiger partial charge in [-0.3, -0.25) is 14.4 Å². The number of carbonyl (C=O) groups is 3. The summed E-state index contributed by atoms with van der Waals surface area (Å²) < 4.78 is 18.3. The Hall–Kier alpha value is -4.24. The van der Waals surface area contributed by atoms with Gasteiger partial charge in [0.2, 0.25) is 0 Å². The van der Waals surface area contributed by atoms with Crippen LogP contribution in [0.25, 0.3) is 0 Å². The number of carbonyl (C=O) groups excluding carboxylic acids is 3. The SMILES string of the molecule is O=C(COc1ccc(/C=N\NC(=O)C(=O)Nc2ccc(F)cc2)cc1)Nc1ccc(Cl)cc1. The van der Waals surface area contributed by atoms with Crippen molar-refractivity contribution in [2.24, 2.45) is 5.10 Å². The van der Waals surface area contributed by atoms with Gasteiger partial charge in [0.05, 0.1) is 6.21 Å². The van der Waals surface area contributed by atoms with Crippen molar-refractivity contribution in [2.75, 3.05) is 17.2 Å². The average Bonchev–Trinajstić information content (AvgIpc) is 2.81. The summed E-state index contributed by atoms with van der Waals surface area (Å²) >= 11 is 5.80. The van der Waals surface area contributed by atoms with Gasteiger partial charge in [-0.2, -0.15) is 5.10 Å². The number of hydrazone groups is 1. The molecule has 0 saturated heterocycles. The van der Waals surface area contributed by atoms with Gasteiger partial charge in [-0.15, -0.1) is 0 Å². The normalized spacial score (nSPS) is 10.5. The van der Waals surface area contributed by atoms with Gasteiger partial charge in [-0.25, -0.2) is 9.82 Å². The molecule has 3 rings (SSSR count). The van der Waals surface area contributed by atoms with Crippen molar-refractivity contribution in [3.63, 3.8) is 0 Å². The van der Waals surface area contributed by atoms with Gasteiger partial charge in [0, 0.05) is 16.4 Å². The first-order valence-electron chi connectivity index (χ1n) is 9.57. The molecule has 0 aromatic heterocycles. The van der Waals surface area contributed by atoms with E-state index in [-0.39, 0.29) is 18.2 Å². The Balaban J connectivity index is 1.42. The number of rotatable bonds is 7. The van der Waals surface area contributed by atoms with E-state index in [1.165, 1.54) is 18.3 Å². The predicted molar refractivity (Wildman–Crippen MR) is 123 cm³/mol. The summed E-state index contributed by atoms with van der Waals surface area (Å²) in [5.74, 6) is -2.26. The largest absolute Gasteiger partial charge is 0.484 e. The Kier molecular flexibility index (Phi) is 8.09. The van der Waals surface area contributed by atoms with Crippen LogP contribution in [0.1, 0.15) is 5.56 Å². The molecule has 0 aliphatic carbocycles. The summed E-state index contributed by atoms with van der Waals surface area (Å²) in [5.41, 5.74) is 3.59. The molecule has 0 saturated carbocycles. The quantitative estimate of drug-likeness (QED) is 0.280. The molecule has 3 N–H and O–H groups in total. The summed E-state index contributed by atoms with van der Waals surface area (Å²) in [6.45, 7) is -0.185. The van der Waals surface area contributed by atoms with E-state index in [2.05, 4.69) is 21.2 Å². The summed E-state index contributed by atoms with van der Waals surface area (Å²) in [7, 11) is 0. The molecule has 168 valence electrons. The van der Waals surface area contributed by atoms with Crippen molar-refractivity contribution in [3.8, 4) is 5.75 Å². The van der Waals surface area contributed by atoms with Crippen LogP contribution >= 0.6 is 11.6 Å². The van der Waals surface area contributed by atoms with E-state index in [1.54, 1.807) is 48.5 Å². The summed E-state index contributed by atoms with van der Waals surface area (Å²) in [6, 6.07) is 18.2. The third kappa shape index (κ3) is 7.75. The number of anilines is 2. The Morgan fingerprint density at radius 2 is 1.45 bits per heavy atom. The van der Waals surface area contributed by atoms with E-state index < -0.39 is 17.6 Å². The highest BCUT2D eigenvalue weighted by atomic mass is 35.5. The molecule has 0 fully saturated rings. The first kappa shape index (κ1) is 23.4. The first-order chi connectivity index (χ1) is 15.9. The zero-order valence-corrected chi connectivity index (χ0v) is 17.8. The van der Waals surface area contributed by atoms with Crippen LogP contribution < -0.4 is 20.8 Å². The van der Waals surface area contributed by atoms with E-state index in [0.29, 0.717) is 22.0 Å². The lowest BCUT2D eigenvalue weighted by atomic mass is 10.2. The van der Waals surface area contributed by atoms with E-state index in [1.807, 2.05) is 0 Å². The number of amides is 3. The van der Waals surface area contributed by atoms with Crippen LogP contribution in [-0.2, 0) is 14.4 Å². The second-order valence-electron chi connectivity index (χ2n) is 6.57. The van der Waals surface area contributed by atoms with Crippen molar-refractivity contribution in [2.45, 2.75) is 0 Å². The number of hydrogen-bond acceptors (Lipinski definition) is 5. The van der Waals surface area contributed by atoms with Crippen molar-refractivity contribution in [3.05, 3.63) is 89.2 Å². The molecule has 0 unspecified atom stereocenters. The van der Waals surface area contributed by atoms with Gasteiger partial charge < -0.3 is 15.4 Å². The van der Waals surface area contributed by atoms with Crippen molar-refractivity contribution in [1.82, 2.24) is 5.43 Å². The zero-order valence-electron chi connectivity index (χ0n) is 17.0. The molecule has 3 aromatic carbocycles. The molecule has 0 aliphatic rings. The highest BCUT2D eigenvalue weighted by Crippen LogP contribution is 2.14. The maximum Gasteiger partial charge on any atom is 0.329 e. The van der Waals surface area contributed by atoms with E-state index in [9.17, 15) is 18.8 Å². The molecule has 0 aliphatic heterocycles. The Labute approximate surface area is 193 Å². The topological polar surface area (TPSA) is 109 Å². The summed E-state index contributed by atoms with van der Waals surface area (Å²) in [6.07, 6.45) is 1.33. The van der Waals surface area contributed by atoms with Crippen molar-refractivity contribution in [1.29, 1.82) is 0 Å². The van der Waals surface area contributed by atoms with E-state index in [0.717, 1.165) is 12.1 Å². The van der Waals surface area contributed by atoms with Crippen LogP contribution in [-0.4, -0.2) is 30.5 Å². The number of hydrogen-bond donors (Lipinski definition) is 3. The number of ether oxygens (including phenoxy) is 1. The fourth-order valence-corrected chi connectivity index (χ4v) is 2.59. The molecule has 10 heteroatoms. The van der Waals surface area contributed by atoms with Gasteiger partial charge in [-0.05, 0) is 78.4 Å². The van der Waals surface area contributed by atoms with Crippen LogP contribution in [0.5, 0.6) is 5.75 Å². The second kappa shape index (κ2) is 11.4. The van der Waals surface area contributed by atoms with Gasteiger partial charge in [0.15, 0.2) is 6.61 Å². The lowest BCUT2D eigenvalue weighted by molar-refractivity contribution is -0.136. The molecule has 0 heterocycles. The Morgan fingerprint density at radius 1 is 0.848 bits per heavy atom. The first-order valence-corrected chi connectivity index (χ1v) is 9.95. The summed E-state index contributed by atoms with van der Waals surface area (Å²) in [5, 5.41) is 9.29. The standard InChI is InChI=1S/C23H18ClFN4O4/c24-16-3-7-18(8-4-16)27-21(30)14-33-20-11-1-15(2-12-20)13-26-29-23(32)22(31)28-19-9-5-17(25)6-10-19/h1-13H,14H2,(H,27,30)(H,28,31)(H,29,32)/b26-13-. The molecule has 3 aromatic rings. The van der Waals surface area contributed by atoms with Crippen LogP contribution in [0, 0.1) is 5.82 Å². The van der Waals surface area contributed by atoms with Crippen LogP contribution in [0.2, 0.25) is 5.02 Å². The number of benzene rings is 3. The number of nitrogens with one attached hydrogen (secondary N) is 3. The minimum absolute atomic E-state index is 0.185. The molecule has 3 amide bonds. The zero-order chi connectivity index (χ0) is 23.6. The highest BCUT2D eigenvalue weighted by Gasteiger charge is 2.12. The van der Waals surface area contributed by atoms with Gasteiger partial charge in [0.1, 0.15) is 11.6 Å². The summed E-state index contributed by atoms with van der Waals surface area (Å²) in [4.78, 5) is 35.5. The molecular weight excluding hydrogens is 451 g/mol. The number of nitrogens with zero attached hydrogens (tertiary/aromatic N) is 1.